The number of rotatable bonds is 3. The van der Waals surface area contributed by atoms with Crippen LogP contribution in [0.5, 0.6) is 0 Å². The second-order valence-electron chi connectivity index (χ2n) is 7.76. The molecule has 0 atom stereocenters. The standard InChI is InChI=1S/C20H20FN7O2/c1-20(2,3)15-9-16(27-30-15)26-19(29)25-11-4-5-12(14(21)8-11)13-10-23-17-6-7-24-28(17)18(13)22/h4-10H,22H2,1-3H3,(H2,25,26,27,29). The Labute approximate surface area is 171 Å². The minimum absolute atomic E-state index is 0.238. The van der Waals surface area contributed by atoms with E-state index in [1.165, 1.54) is 22.8 Å². The Kier molecular flexibility index (Phi) is 4.61. The third kappa shape index (κ3) is 3.66. The maximum absolute atomic E-state index is 14.7. The summed E-state index contributed by atoms with van der Waals surface area (Å²) in [6.45, 7) is 5.90. The van der Waals surface area contributed by atoms with Crippen LogP contribution in [0.15, 0.2) is 47.2 Å². The summed E-state index contributed by atoms with van der Waals surface area (Å²) in [5.41, 5.74) is 7.33. The van der Waals surface area contributed by atoms with Gasteiger partial charge in [0, 0.05) is 40.6 Å². The van der Waals surface area contributed by atoms with Gasteiger partial charge in [-0.05, 0) is 18.2 Å². The van der Waals surface area contributed by atoms with Crippen LogP contribution in [0.1, 0.15) is 26.5 Å². The second-order valence-corrected chi connectivity index (χ2v) is 7.76. The normalized spacial score (nSPS) is 11.6. The van der Waals surface area contributed by atoms with Crippen LogP contribution in [0.4, 0.5) is 26.5 Å². The Morgan fingerprint density at radius 1 is 1.17 bits per heavy atom. The second kappa shape index (κ2) is 7.14. The van der Waals surface area contributed by atoms with Gasteiger partial charge in [0.15, 0.2) is 11.5 Å². The molecule has 9 nitrogen and oxygen atoms in total. The number of benzene rings is 1. The molecule has 0 fully saturated rings. The summed E-state index contributed by atoms with van der Waals surface area (Å²) in [5.74, 6) is 0.599. The zero-order chi connectivity index (χ0) is 21.5. The molecule has 3 aromatic heterocycles. The molecule has 0 unspecified atom stereocenters. The lowest BCUT2D eigenvalue weighted by atomic mass is 9.93. The number of hydrogen-bond donors (Lipinski definition) is 3. The van der Waals surface area contributed by atoms with E-state index in [9.17, 15) is 9.18 Å². The number of carbonyl (C=O) groups excluding carboxylic acids is 1. The molecule has 1 aromatic carbocycles. The van der Waals surface area contributed by atoms with Crippen LogP contribution in [0, 0.1) is 5.82 Å². The monoisotopic (exact) mass is 409 g/mol. The summed E-state index contributed by atoms with van der Waals surface area (Å²) in [4.78, 5) is 16.4. The minimum Gasteiger partial charge on any atom is -0.383 e. The molecule has 0 radical (unpaired) electrons. The van der Waals surface area contributed by atoms with Gasteiger partial charge < -0.3 is 15.6 Å². The molecule has 0 bridgehead atoms. The molecule has 0 spiro atoms. The van der Waals surface area contributed by atoms with E-state index in [0.717, 1.165) is 0 Å². The van der Waals surface area contributed by atoms with Crippen LogP contribution in [-0.2, 0) is 5.41 Å². The number of fused-ring (bicyclic) bond motifs is 1. The molecule has 4 N–H and O–H groups in total. The molecule has 0 aliphatic rings. The van der Waals surface area contributed by atoms with E-state index in [0.29, 0.717) is 17.0 Å². The lowest BCUT2D eigenvalue weighted by Crippen LogP contribution is -2.19. The molecule has 4 rings (SSSR count). The van der Waals surface area contributed by atoms with Crippen molar-refractivity contribution in [2.45, 2.75) is 26.2 Å². The summed E-state index contributed by atoms with van der Waals surface area (Å²) in [5, 5.41) is 13.0. The van der Waals surface area contributed by atoms with Crippen LogP contribution in [0.2, 0.25) is 0 Å². The maximum Gasteiger partial charge on any atom is 0.324 e. The van der Waals surface area contributed by atoms with Crippen molar-refractivity contribution >= 4 is 29.0 Å². The van der Waals surface area contributed by atoms with E-state index >= 15 is 0 Å². The summed E-state index contributed by atoms with van der Waals surface area (Å²) in [6.07, 6.45) is 3.05. The molecule has 0 aliphatic carbocycles. The van der Waals surface area contributed by atoms with Gasteiger partial charge in [-0.1, -0.05) is 25.9 Å². The molecular weight excluding hydrogens is 389 g/mol. The van der Waals surface area contributed by atoms with Crippen molar-refractivity contribution in [2.75, 3.05) is 16.4 Å². The SMILES string of the molecule is CC(C)(C)c1cc(NC(=O)Nc2ccc(-c3cnc4ccnn4c3N)c(F)c2)no1. The number of anilines is 3. The first kappa shape index (κ1) is 19.4. The Morgan fingerprint density at radius 3 is 2.67 bits per heavy atom. The van der Waals surface area contributed by atoms with Gasteiger partial charge in [-0.2, -0.15) is 9.61 Å². The summed E-state index contributed by atoms with van der Waals surface area (Å²) in [7, 11) is 0. The Bertz CT molecular complexity index is 1240. The minimum atomic E-state index is -0.574. The number of hydrogen-bond acceptors (Lipinski definition) is 6. The third-order valence-electron chi connectivity index (χ3n) is 4.46. The van der Waals surface area contributed by atoms with Crippen molar-refractivity contribution in [1.82, 2.24) is 19.8 Å². The van der Waals surface area contributed by atoms with E-state index in [-0.39, 0.29) is 28.3 Å². The third-order valence-corrected chi connectivity index (χ3v) is 4.46. The molecule has 10 heteroatoms. The smallest absolute Gasteiger partial charge is 0.324 e. The first-order valence-corrected chi connectivity index (χ1v) is 9.16. The Morgan fingerprint density at radius 2 is 1.97 bits per heavy atom. The summed E-state index contributed by atoms with van der Waals surface area (Å²) < 4.78 is 21.4. The van der Waals surface area contributed by atoms with Crippen molar-refractivity contribution in [3.8, 4) is 11.1 Å². The molecule has 30 heavy (non-hydrogen) atoms. The van der Waals surface area contributed by atoms with Crippen LogP contribution in [-0.4, -0.2) is 25.8 Å². The highest BCUT2D eigenvalue weighted by atomic mass is 19.1. The number of halogens is 1. The van der Waals surface area contributed by atoms with Crippen molar-refractivity contribution in [3.05, 3.63) is 54.3 Å². The highest BCUT2D eigenvalue weighted by Crippen LogP contribution is 2.30. The summed E-state index contributed by atoms with van der Waals surface area (Å²) >= 11 is 0. The largest absolute Gasteiger partial charge is 0.383 e. The number of carbonyl (C=O) groups is 1. The van der Waals surface area contributed by atoms with E-state index in [1.807, 2.05) is 20.8 Å². The highest BCUT2D eigenvalue weighted by molar-refractivity contribution is 5.99. The van der Waals surface area contributed by atoms with Crippen LogP contribution in [0.25, 0.3) is 16.8 Å². The maximum atomic E-state index is 14.7. The van der Waals surface area contributed by atoms with Gasteiger partial charge in [0.25, 0.3) is 0 Å². The number of urea groups is 1. The zero-order valence-corrected chi connectivity index (χ0v) is 16.6. The predicted octanol–water partition coefficient (Wildman–Crippen LogP) is 4.05. The van der Waals surface area contributed by atoms with Crippen LogP contribution in [0.3, 0.4) is 0 Å². The molecule has 0 aliphatic heterocycles. The number of nitrogen functional groups attached to an aromatic ring is 1. The van der Waals surface area contributed by atoms with Gasteiger partial charge in [0.05, 0.1) is 6.20 Å². The van der Waals surface area contributed by atoms with Crippen molar-refractivity contribution in [2.24, 2.45) is 0 Å². The fraction of sp³-hybridized carbons (Fsp3) is 0.200. The van der Waals surface area contributed by atoms with Crippen molar-refractivity contribution in [1.29, 1.82) is 0 Å². The number of nitrogens with two attached hydrogens (primary N) is 1. The van der Waals surface area contributed by atoms with Crippen molar-refractivity contribution < 1.29 is 13.7 Å². The van der Waals surface area contributed by atoms with Gasteiger partial charge in [0.1, 0.15) is 17.4 Å². The highest BCUT2D eigenvalue weighted by Gasteiger charge is 2.20. The molecule has 154 valence electrons. The molecule has 4 aromatic rings. The lowest BCUT2D eigenvalue weighted by Gasteiger charge is -2.12. The molecule has 0 saturated carbocycles. The van der Waals surface area contributed by atoms with E-state index in [4.69, 9.17) is 10.3 Å². The van der Waals surface area contributed by atoms with E-state index in [1.54, 1.807) is 24.4 Å². The number of nitrogens with zero attached hydrogens (tertiary/aromatic N) is 4. The number of amides is 2. The van der Waals surface area contributed by atoms with E-state index < -0.39 is 11.8 Å². The average molecular weight is 409 g/mol. The molecule has 3 heterocycles. The number of nitrogens with one attached hydrogen (secondary N) is 2. The Hall–Kier alpha value is -3.95. The number of aromatic nitrogens is 4. The van der Waals surface area contributed by atoms with Gasteiger partial charge >= 0.3 is 6.03 Å². The lowest BCUT2D eigenvalue weighted by molar-refractivity contribution is 0.262. The fourth-order valence-corrected chi connectivity index (χ4v) is 2.88. The van der Waals surface area contributed by atoms with E-state index in [2.05, 4.69) is 25.9 Å². The predicted molar refractivity (Wildman–Crippen MR) is 111 cm³/mol. The van der Waals surface area contributed by atoms with Crippen LogP contribution < -0.4 is 16.4 Å². The molecular formula is C20H20FN7O2. The fourth-order valence-electron chi connectivity index (χ4n) is 2.88. The first-order chi connectivity index (χ1) is 14.2. The Balaban J connectivity index is 1.51. The van der Waals surface area contributed by atoms with Crippen molar-refractivity contribution in [3.63, 3.8) is 0 Å². The molecule has 2 amide bonds. The van der Waals surface area contributed by atoms with Gasteiger partial charge in [-0.3, -0.25) is 5.32 Å². The zero-order valence-electron chi connectivity index (χ0n) is 16.6. The van der Waals surface area contributed by atoms with Crippen LogP contribution >= 0.6 is 0 Å². The summed E-state index contributed by atoms with van der Waals surface area (Å²) in [6, 6.07) is 7.04. The van der Waals surface area contributed by atoms with Gasteiger partial charge in [-0.15, -0.1) is 0 Å². The van der Waals surface area contributed by atoms with Gasteiger partial charge in [-0.25, -0.2) is 14.2 Å². The van der Waals surface area contributed by atoms with Gasteiger partial charge in [0.2, 0.25) is 0 Å². The average Bonchev–Trinajstić information content (AvgIpc) is 3.32. The first-order valence-electron chi connectivity index (χ1n) is 9.16. The topological polar surface area (TPSA) is 123 Å². The molecule has 0 saturated heterocycles. The quantitative estimate of drug-likeness (QED) is 0.469.